The lowest BCUT2D eigenvalue weighted by Gasteiger charge is -2.17. The largest absolute Gasteiger partial charge is 0.493 e. The fourth-order valence-corrected chi connectivity index (χ4v) is 5.13. The van der Waals surface area contributed by atoms with E-state index in [0.29, 0.717) is 24.6 Å². The molecule has 0 spiro atoms. The van der Waals surface area contributed by atoms with E-state index in [9.17, 15) is 18.3 Å². The molecule has 1 fully saturated rings. The van der Waals surface area contributed by atoms with Crippen molar-refractivity contribution in [2.75, 3.05) is 17.6 Å². The second-order valence-electron chi connectivity index (χ2n) is 9.39. The Labute approximate surface area is 201 Å². The van der Waals surface area contributed by atoms with Crippen molar-refractivity contribution >= 4 is 32.5 Å². The summed E-state index contributed by atoms with van der Waals surface area (Å²) in [4.78, 5) is 11.4. The zero-order valence-corrected chi connectivity index (χ0v) is 20.4. The van der Waals surface area contributed by atoms with E-state index in [4.69, 9.17) is 4.74 Å². The molecule has 34 heavy (non-hydrogen) atoms. The summed E-state index contributed by atoms with van der Waals surface area (Å²) in [5.41, 5.74) is 3.38. The number of carboxylic acids is 1. The van der Waals surface area contributed by atoms with Crippen molar-refractivity contribution in [1.29, 1.82) is 0 Å². The van der Waals surface area contributed by atoms with E-state index in [1.54, 1.807) is 13.0 Å². The molecular weight excluding hydrogens is 450 g/mol. The molecule has 0 saturated heterocycles. The van der Waals surface area contributed by atoms with E-state index >= 15 is 0 Å². The van der Waals surface area contributed by atoms with Crippen LogP contribution in [0, 0.1) is 11.8 Å². The molecule has 0 amide bonds. The molecule has 1 unspecified atom stereocenters. The zero-order chi connectivity index (χ0) is 24.3. The van der Waals surface area contributed by atoms with E-state index in [2.05, 4.69) is 10.8 Å². The molecule has 1 saturated carbocycles. The van der Waals surface area contributed by atoms with Crippen molar-refractivity contribution in [3.63, 3.8) is 0 Å². The minimum absolute atomic E-state index is 0.444. The molecule has 7 heteroatoms. The van der Waals surface area contributed by atoms with Crippen molar-refractivity contribution in [2.45, 2.75) is 39.0 Å². The number of rotatable bonds is 9. The summed E-state index contributed by atoms with van der Waals surface area (Å²) in [5.74, 6) is 0.0908. The molecule has 0 aliphatic heterocycles. The molecule has 0 bridgehead atoms. The minimum Gasteiger partial charge on any atom is -0.493 e. The lowest BCUT2D eigenvalue weighted by molar-refractivity contribution is -0.141. The Kier molecular flexibility index (Phi) is 7.12. The van der Waals surface area contributed by atoms with Crippen molar-refractivity contribution < 1.29 is 23.1 Å². The SMILES string of the molecule is CC(Cc1ccc(OCC2CCCC2)c(-c2ccc3cc(NS(C)(=O)=O)ccc3c2)c1)C(=O)O. The van der Waals surface area contributed by atoms with Crippen LogP contribution in [0.15, 0.2) is 54.6 Å². The smallest absolute Gasteiger partial charge is 0.306 e. The third-order valence-electron chi connectivity index (χ3n) is 6.41. The number of hydrogen-bond acceptors (Lipinski definition) is 4. The first-order chi connectivity index (χ1) is 16.2. The summed E-state index contributed by atoms with van der Waals surface area (Å²) in [5, 5.41) is 11.2. The van der Waals surface area contributed by atoms with Crippen molar-refractivity contribution in [3.05, 3.63) is 60.2 Å². The van der Waals surface area contributed by atoms with E-state index in [0.717, 1.165) is 39.5 Å². The summed E-state index contributed by atoms with van der Waals surface area (Å²) >= 11 is 0. The number of sulfonamides is 1. The molecule has 0 aromatic heterocycles. The molecule has 2 N–H and O–H groups in total. The highest BCUT2D eigenvalue weighted by atomic mass is 32.2. The van der Waals surface area contributed by atoms with Gasteiger partial charge in [-0.3, -0.25) is 9.52 Å². The Morgan fingerprint density at radius 1 is 1.06 bits per heavy atom. The number of nitrogens with one attached hydrogen (secondary N) is 1. The monoisotopic (exact) mass is 481 g/mol. The van der Waals surface area contributed by atoms with Crippen LogP contribution >= 0.6 is 0 Å². The second-order valence-corrected chi connectivity index (χ2v) is 11.1. The average Bonchev–Trinajstić information content (AvgIpc) is 3.30. The number of carbonyl (C=O) groups is 1. The molecule has 3 aromatic rings. The minimum atomic E-state index is -3.35. The van der Waals surface area contributed by atoms with Gasteiger partial charge >= 0.3 is 5.97 Å². The lowest BCUT2D eigenvalue weighted by Crippen LogP contribution is -2.12. The van der Waals surface area contributed by atoms with Crippen LogP contribution in [0.4, 0.5) is 5.69 Å². The van der Waals surface area contributed by atoms with Gasteiger partial charge in [-0.25, -0.2) is 8.42 Å². The molecule has 6 nitrogen and oxygen atoms in total. The predicted molar refractivity (Wildman–Crippen MR) is 136 cm³/mol. The quantitative estimate of drug-likeness (QED) is 0.408. The first kappa shape index (κ1) is 24.1. The van der Waals surface area contributed by atoms with Crippen molar-refractivity contribution in [3.8, 4) is 16.9 Å². The molecule has 3 aromatic carbocycles. The summed E-state index contributed by atoms with van der Waals surface area (Å²) in [7, 11) is -3.35. The topological polar surface area (TPSA) is 92.7 Å². The van der Waals surface area contributed by atoms with Crippen LogP contribution in [-0.4, -0.2) is 32.4 Å². The Balaban J connectivity index is 1.68. The molecular formula is C27H31NO5S. The number of hydrogen-bond donors (Lipinski definition) is 2. The van der Waals surface area contributed by atoms with Gasteiger partial charge in [0.1, 0.15) is 5.75 Å². The fraction of sp³-hybridized carbons (Fsp3) is 0.370. The third-order valence-corrected chi connectivity index (χ3v) is 7.02. The molecule has 4 rings (SSSR count). The molecule has 1 aliphatic carbocycles. The highest BCUT2D eigenvalue weighted by molar-refractivity contribution is 7.92. The first-order valence-corrected chi connectivity index (χ1v) is 13.6. The third kappa shape index (κ3) is 6.08. The number of aliphatic carboxylic acids is 1. The van der Waals surface area contributed by atoms with E-state index in [1.165, 1.54) is 25.7 Å². The molecule has 0 radical (unpaired) electrons. The number of carboxylic acid groups (broad SMARTS) is 1. The number of fused-ring (bicyclic) bond motifs is 1. The van der Waals surface area contributed by atoms with Gasteiger partial charge < -0.3 is 9.84 Å². The fourth-order valence-electron chi connectivity index (χ4n) is 4.57. The van der Waals surface area contributed by atoms with Gasteiger partial charge in [-0.05, 0) is 77.4 Å². The van der Waals surface area contributed by atoms with E-state index in [1.807, 2.05) is 42.5 Å². The Bertz CT molecular complexity index is 1300. The molecule has 0 heterocycles. The maximum absolute atomic E-state index is 11.6. The van der Waals surface area contributed by atoms with Gasteiger partial charge in [0, 0.05) is 11.3 Å². The van der Waals surface area contributed by atoms with Gasteiger partial charge in [-0.1, -0.05) is 44.0 Å². The standard InChI is InChI=1S/C27H31NO5S/c1-18(27(29)30)13-20-7-12-26(33-17-19-5-3-4-6-19)25(14-20)23-9-8-22-16-24(28-34(2,31)32)11-10-21(22)15-23/h7-12,14-16,18-19,28H,3-6,13,17H2,1-2H3,(H,29,30). The predicted octanol–water partition coefficient (Wildman–Crippen LogP) is 5.71. The summed E-state index contributed by atoms with van der Waals surface area (Å²) < 4.78 is 31.9. The average molecular weight is 482 g/mol. The Morgan fingerprint density at radius 2 is 1.76 bits per heavy atom. The van der Waals surface area contributed by atoms with Gasteiger partial charge in [-0.2, -0.15) is 0 Å². The van der Waals surface area contributed by atoms with Crippen LogP contribution in [-0.2, 0) is 21.2 Å². The number of ether oxygens (including phenoxy) is 1. The highest BCUT2D eigenvalue weighted by Gasteiger charge is 2.18. The number of anilines is 1. The molecule has 1 aliphatic rings. The van der Waals surface area contributed by atoms with Crippen LogP contribution in [0.25, 0.3) is 21.9 Å². The van der Waals surface area contributed by atoms with Crippen LogP contribution in [0.2, 0.25) is 0 Å². The maximum atomic E-state index is 11.6. The zero-order valence-electron chi connectivity index (χ0n) is 19.6. The summed E-state index contributed by atoms with van der Waals surface area (Å²) in [6.45, 7) is 2.40. The van der Waals surface area contributed by atoms with Gasteiger partial charge in [0.15, 0.2) is 0 Å². The first-order valence-electron chi connectivity index (χ1n) is 11.7. The van der Waals surface area contributed by atoms with Crippen LogP contribution < -0.4 is 9.46 Å². The van der Waals surface area contributed by atoms with Crippen LogP contribution in [0.3, 0.4) is 0 Å². The summed E-state index contributed by atoms with van der Waals surface area (Å²) in [6, 6.07) is 17.4. The van der Waals surface area contributed by atoms with Gasteiger partial charge in [0.25, 0.3) is 0 Å². The normalized spacial score (nSPS) is 15.4. The second kappa shape index (κ2) is 10.1. The Morgan fingerprint density at radius 3 is 2.47 bits per heavy atom. The van der Waals surface area contributed by atoms with Gasteiger partial charge in [0.2, 0.25) is 10.0 Å². The lowest BCUT2D eigenvalue weighted by atomic mass is 9.95. The Hall–Kier alpha value is -3.06. The van der Waals surface area contributed by atoms with Crippen LogP contribution in [0.1, 0.15) is 38.2 Å². The molecule has 1 atom stereocenters. The van der Waals surface area contributed by atoms with Gasteiger partial charge in [-0.15, -0.1) is 0 Å². The van der Waals surface area contributed by atoms with Crippen molar-refractivity contribution in [1.82, 2.24) is 0 Å². The van der Waals surface area contributed by atoms with Gasteiger partial charge in [0.05, 0.1) is 18.8 Å². The molecule has 180 valence electrons. The van der Waals surface area contributed by atoms with E-state index in [-0.39, 0.29) is 0 Å². The number of benzene rings is 3. The maximum Gasteiger partial charge on any atom is 0.306 e. The van der Waals surface area contributed by atoms with E-state index < -0.39 is 21.9 Å². The van der Waals surface area contributed by atoms with Crippen LogP contribution in [0.5, 0.6) is 5.75 Å². The summed E-state index contributed by atoms with van der Waals surface area (Å²) in [6.07, 6.45) is 6.49. The highest BCUT2D eigenvalue weighted by Crippen LogP contribution is 2.35. The van der Waals surface area contributed by atoms with Crippen molar-refractivity contribution in [2.24, 2.45) is 11.8 Å².